The van der Waals surface area contributed by atoms with Crippen LogP contribution in [-0.2, 0) is 33.6 Å². The molecule has 14 heteroatoms. The van der Waals surface area contributed by atoms with Gasteiger partial charge < -0.3 is 26.4 Å². The molecule has 0 aromatic rings. The number of nitrogens with zero attached hydrogens (tertiary/aromatic N) is 1. The largest absolute Gasteiger partial charge is 0.481 e. The van der Waals surface area contributed by atoms with Gasteiger partial charge in [0.1, 0.15) is 18.1 Å². The molecule has 1 aliphatic heterocycles. The zero-order chi connectivity index (χ0) is 30.1. The molecule has 1 heterocycles. The quantitative estimate of drug-likeness (QED) is 0.0769. The van der Waals surface area contributed by atoms with Crippen molar-refractivity contribution in [3.8, 4) is 0 Å². The van der Waals surface area contributed by atoms with Crippen LogP contribution in [0.2, 0.25) is 0 Å². The average Bonchev–Trinajstić information content (AvgIpc) is 3.21. The van der Waals surface area contributed by atoms with Gasteiger partial charge in [-0.05, 0) is 52.2 Å². The number of carbonyl (C=O) groups is 7. The number of nitrogens with one attached hydrogen (secondary N) is 4. The van der Waals surface area contributed by atoms with Gasteiger partial charge in [-0.2, -0.15) is 0 Å². The molecule has 0 saturated carbocycles. The molecule has 1 aliphatic rings. The highest BCUT2D eigenvalue weighted by Gasteiger charge is 2.24. The second-order valence-corrected chi connectivity index (χ2v) is 10.6. The van der Waals surface area contributed by atoms with Gasteiger partial charge in [0.15, 0.2) is 0 Å². The number of unbranched alkanes of at least 4 members (excludes halogenated alkanes) is 4. The topological polar surface area (TPSA) is 191 Å². The Balaban J connectivity index is 2.19. The summed E-state index contributed by atoms with van der Waals surface area (Å²) in [6.45, 7) is 4.79. The van der Waals surface area contributed by atoms with Crippen LogP contribution in [0.4, 0.5) is 0 Å². The van der Waals surface area contributed by atoms with Gasteiger partial charge in [-0.15, -0.1) is 11.8 Å². The third-order valence-corrected chi connectivity index (χ3v) is 6.91. The molecule has 0 saturated heterocycles. The second kappa shape index (κ2) is 18.8. The third-order valence-electron chi connectivity index (χ3n) is 5.99. The van der Waals surface area contributed by atoms with Crippen molar-refractivity contribution < 1.29 is 38.7 Å². The van der Waals surface area contributed by atoms with Crippen LogP contribution in [0.15, 0.2) is 12.2 Å². The zero-order valence-electron chi connectivity index (χ0n) is 23.3. The minimum Gasteiger partial charge on any atom is -0.481 e. The maximum absolute atomic E-state index is 12.4. The van der Waals surface area contributed by atoms with Gasteiger partial charge in [0.2, 0.25) is 23.6 Å². The summed E-state index contributed by atoms with van der Waals surface area (Å²) in [5.41, 5.74) is 0. The van der Waals surface area contributed by atoms with E-state index in [-0.39, 0.29) is 36.5 Å². The first kappa shape index (κ1) is 34.6. The van der Waals surface area contributed by atoms with E-state index in [0.717, 1.165) is 23.5 Å². The normalized spacial score (nSPS) is 14.8. The van der Waals surface area contributed by atoms with Gasteiger partial charge in [0, 0.05) is 31.5 Å². The molecule has 40 heavy (non-hydrogen) atoms. The van der Waals surface area contributed by atoms with Crippen LogP contribution in [0.25, 0.3) is 0 Å². The molecule has 0 fully saturated rings. The molecule has 0 aromatic carbocycles. The molecular weight excluding hydrogens is 542 g/mol. The van der Waals surface area contributed by atoms with Crippen molar-refractivity contribution in [1.82, 2.24) is 26.2 Å². The van der Waals surface area contributed by atoms with Crippen molar-refractivity contribution in [1.29, 1.82) is 0 Å². The number of carboxylic acid groups (broad SMARTS) is 1. The van der Waals surface area contributed by atoms with E-state index in [4.69, 9.17) is 5.11 Å². The van der Waals surface area contributed by atoms with E-state index in [0.29, 0.717) is 38.1 Å². The van der Waals surface area contributed by atoms with Crippen molar-refractivity contribution in [2.75, 3.05) is 18.2 Å². The summed E-state index contributed by atoms with van der Waals surface area (Å²) in [6.07, 6.45) is 6.77. The number of aliphatic carboxylic acids is 1. The number of carbonyl (C=O) groups excluding carboxylic acids is 6. The fourth-order valence-corrected chi connectivity index (χ4v) is 4.37. The number of carboxylic acids is 1. The second-order valence-electron chi connectivity index (χ2n) is 9.52. The molecule has 0 unspecified atom stereocenters. The van der Waals surface area contributed by atoms with Crippen molar-refractivity contribution in [2.24, 2.45) is 0 Å². The molecule has 0 bridgehead atoms. The molecule has 0 aromatic heterocycles. The van der Waals surface area contributed by atoms with Gasteiger partial charge >= 0.3 is 5.97 Å². The van der Waals surface area contributed by atoms with Crippen LogP contribution in [0.5, 0.6) is 0 Å². The van der Waals surface area contributed by atoms with Crippen LogP contribution in [0, 0.1) is 0 Å². The Hall–Kier alpha value is -3.42. The molecule has 6 amide bonds. The third kappa shape index (κ3) is 14.1. The Labute approximate surface area is 238 Å². The van der Waals surface area contributed by atoms with E-state index in [2.05, 4.69) is 21.3 Å². The first-order chi connectivity index (χ1) is 18.9. The average molecular weight is 584 g/mol. The summed E-state index contributed by atoms with van der Waals surface area (Å²) in [7, 11) is 0. The van der Waals surface area contributed by atoms with E-state index >= 15 is 0 Å². The lowest BCUT2D eigenvalue weighted by Gasteiger charge is -2.20. The lowest BCUT2D eigenvalue weighted by Crippen LogP contribution is -2.54. The Morgan fingerprint density at radius 3 is 1.88 bits per heavy atom. The van der Waals surface area contributed by atoms with E-state index in [1.54, 1.807) is 0 Å². The van der Waals surface area contributed by atoms with Crippen LogP contribution in [0.1, 0.15) is 72.1 Å². The van der Waals surface area contributed by atoms with Crippen molar-refractivity contribution in [2.45, 2.75) is 90.3 Å². The fourth-order valence-electron chi connectivity index (χ4n) is 3.58. The molecule has 0 aliphatic carbocycles. The van der Waals surface area contributed by atoms with Crippen molar-refractivity contribution in [3.05, 3.63) is 12.2 Å². The Morgan fingerprint density at radius 1 is 0.750 bits per heavy atom. The van der Waals surface area contributed by atoms with Crippen molar-refractivity contribution >= 4 is 53.2 Å². The maximum atomic E-state index is 12.4. The molecule has 1 rings (SSSR count). The molecule has 0 spiro atoms. The van der Waals surface area contributed by atoms with Gasteiger partial charge in [-0.1, -0.05) is 12.8 Å². The number of hydrogen-bond acceptors (Lipinski definition) is 8. The van der Waals surface area contributed by atoms with Crippen molar-refractivity contribution in [3.63, 3.8) is 0 Å². The van der Waals surface area contributed by atoms with Gasteiger partial charge in [-0.3, -0.25) is 38.5 Å². The molecule has 13 nitrogen and oxygen atoms in total. The summed E-state index contributed by atoms with van der Waals surface area (Å²) in [5, 5.41) is 18.9. The lowest BCUT2D eigenvalue weighted by atomic mass is 10.1. The molecule has 5 N–H and O–H groups in total. The number of rotatable bonds is 20. The highest BCUT2D eigenvalue weighted by molar-refractivity contribution is 7.99. The number of thioether (sulfide) groups is 1. The van der Waals surface area contributed by atoms with Crippen LogP contribution in [0.3, 0.4) is 0 Å². The number of hydrogen-bond donors (Lipinski definition) is 5. The molecule has 224 valence electrons. The zero-order valence-corrected chi connectivity index (χ0v) is 24.1. The molecule has 0 radical (unpaired) electrons. The Kier molecular flexibility index (Phi) is 16.3. The maximum Gasteiger partial charge on any atom is 0.303 e. The Morgan fingerprint density at radius 2 is 1.27 bits per heavy atom. The smallest absolute Gasteiger partial charge is 0.303 e. The summed E-state index contributed by atoms with van der Waals surface area (Å²) in [4.78, 5) is 83.8. The first-order valence-corrected chi connectivity index (χ1v) is 14.6. The summed E-state index contributed by atoms with van der Waals surface area (Å²) in [5.74, 6) is -2.15. The number of amides is 6. The highest BCUT2D eigenvalue weighted by atomic mass is 32.2. The SMILES string of the molecule is C[C@H](NC(=O)CCCCCN1C(=O)C=CC1=O)C(=O)N[C@H](C)C(=O)N[C@@H](C)C(=O)NCSCCCCCC(=O)O. The predicted octanol–water partition coefficient (Wildman–Crippen LogP) is 0.438. The van der Waals surface area contributed by atoms with Gasteiger partial charge in [0.25, 0.3) is 11.8 Å². The summed E-state index contributed by atoms with van der Waals surface area (Å²) >= 11 is 1.50. The van der Waals surface area contributed by atoms with E-state index < -0.39 is 35.9 Å². The minimum atomic E-state index is -0.937. The summed E-state index contributed by atoms with van der Waals surface area (Å²) in [6, 6.07) is -2.64. The highest BCUT2D eigenvalue weighted by Crippen LogP contribution is 2.08. The van der Waals surface area contributed by atoms with Crippen LogP contribution in [-0.4, -0.2) is 87.7 Å². The standard InChI is InChI=1S/C26H41N5O8S/c1-17(24(37)27-16-40-15-9-5-7-11-23(35)36)29-26(39)19(3)30-25(38)18(2)28-20(32)10-6-4-8-14-31-21(33)12-13-22(31)34/h12-13,17-19H,4-11,14-16H2,1-3H3,(H,27,37)(H,28,32)(H,29,39)(H,30,38)(H,35,36)/t17-,18-,19+/m0/s1. The van der Waals surface area contributed by atoms with Crippen LogP contribution >= 0.6 is 11.8 Å². The van der Waals surface area contributed by atoms with Crippen LogP contribution < -0.4 is 21.3 Å². The molecule has 3 atom stereocenters. The van der Waals surface area contributed by atoms with Gasteiger partial charge in [-0.25, -0.2) is 0 Å². The summed E-state index contributed by atoms with van der Waals surface area (Å²) < 4.78 is 0. The predicted molar refractivity (Wildman–Crippen MR) is 149 cm³/mol. The minimum absolute atomic E-state index is 0.153. The fraction of sp³-hybridized carbons (Fsp3) is 0.654. The number of imide groups is 1. The molecular formula is C26H41N5O8S. The first-order valence-electron chi connectivity index (χ1n) is 13.4. The van der Waals surface area contributed by atoms with E-state index in [9.17, 15) is 33.6 Å². The monoisotopic (exact) mass is 583 g/mol. The lowest BCUT2D eigenvalue weighted by molar-refractivity contribution is -0.138. The van der Waals surface area contributed by atoms with Gasteiger partial charge in [0.05, 0.1) is 5.88 Å². The van der Waals surface area contributed by atoms with E-state index in [1.165, 1.54) is 44.7 Å². The Bertz CT molecular complexity index is 939. The van der Waals surface area contributed by atoms with E-state index in [1.807, 2.05) is 0 Å².